The van der Waals surface area contributed by atoms with E-state index in [1.54, 1.807) is 0 Å². The number of para-hydroxylation sites is 1. The summed E-state index contributed by atoms with van der Waals surface area (Å²) in [6, 6.07) is 8.94. The lowest BCUT2D eigenvalue weighted by Crippen LogP contribution is -2.39. The Morgan fingerprint density at radius 3 is 2.44 bits per heavy atom. The molecule has 0 saturated carbocycles. The molecule has 2 aromatic rings. The van der Waals surface area contributed by atoms with Crippen molar-refractivity contribution in [2.75, 3.05) is 44.3 Å². The fourth-order valence-electron chi connectivity index (χ4n) is 3.84. The topological polar surface area (TPSA) is 133 Å². The van der Waals surface area contributed by atoms with Gasteiger partial charge >= 0.3 is 0 Å². The minimum Gasteiger partial charge on any atom is -0.338 e. The summed E-state index contributed by atoms with van der Waals surface area (Å²) in [7, 11) is -11.6. The van der Waals surface area contributed by atoms with Gasteiger partial charge in [0.05, 0.1) is 22.0 Å². The lowest BCUT2D eigenvalue weighted by Gasteiger charge is -2.25. The van der Waals surface area contributed by atoms with Gasteiger partial charge in [-0.25, -0.2) is 21.2 Å². The number of hydrogen-bond donors (Lipinski definition) is 1. The number of halogens is 1. The Morgan fingerprint density at radius 1 is 1.00 bits per heavy atom. The van der Waals surface area contributed by atoms with E-state index in [0.29, 0.717) is 13.0 Å². The summed E-state index contributed by atoms with van der Waals surface area (Å²) < 4.78 is 94.0. The van der Waals surface area contributed by atoms with Crippen molar-refractivity contribution in [3.8, 4) is 0 Å². The zero-order chi connectivity index (χ0) is 24.7. The number of hydrogen-bond acceptors (Lipinski definition) is 8. The Kier molecular flexibility index (Phi) is 6.54. The van der Waals surface area contributed by atoms with Crippen LogP contribution in [0, 0.1) is 5.82 Å². The zero-order valence-electron chi connectivity index (χ0n) is 18.2. The third-order valence-electron chi connectivity index (χ3n) is 5.55. The first kappa shape index (κ1) is 24.7. The van der Waals surface area contributed by atoms with E-state index in [9.17, 15) is 29.6 Å². The summed E-state index contributed by atoms with van der Waals surface area (Å²) in [5.74, 6) is -0.660. The molecule has 0 aliphatic carbocycles. The van der Waals surface area contributed by atoms with E-state index in [1.807, 2.05) is 4.90 Å². The van der Waals surface area contributed by atoms with Crippen LogP contribution in [0.15, 0.2) is 61.5 Å². The molecule has 10 nitrogen and oxygen atoms in total. The Bertz CT molecular complexity index is 1470. The van der Waals surface area contributed by atoms with Gasteiger partial charge < -0.3 is 5.32 Å². The number of sulfone groups is 1. The van der Waals surface area contributed by atoms with Crippen LogP contribution in [0.5, 0.6) is 0 Å². The second kappa shape index (κ2) is 9.00. The van der Waals surface area contributed by atoms with Crippen LogP contribution < -0.4 is 5.32 Å². The highest BCUT2D eigenvalue weighted by Crippen LogP contribution is 2.29. The molecule has 1 fully saturated rings. The molecule has 184 valence electrons. The standard InChI is InChI=1S/C20H23FN4O6S3/c1-32(26,27)15-5-2-6-16(13-15)34(30,31)25-10-4-9-24(11-12-25)14-19-22-20-17(21)7-3-8-18(20)33(28,29)23-19/h2-3,5-8,13H,4,9-12,14H2,1H3,(H,22,23). The molecule has 2 aromatic carbocycles. The van der Waals surface area contributed by atoms with Crippen LogP contribution >= 0.6 is 0 Å². The number of nitrogens with one attached hydrogen (secondary N) is 1. The van der Waals surface area contributed by atoms with Crippen LogP contribution in [-0.4, -0.2) is 79.3 Å². The van der Waals surface area contributed by atoms with Crippen LogP contribution in [0.25, 0.3) is 0 Å². The fourth-order valence-corrected chi connectivity index (χ4v) is 7.25. The van der Waals surface area contributed by atoms with E-state index in [-0.39, 0.29) is 52.4 Å². The van der Waals surface area contributed by atoms with Gasteiger partial charge in [0.1, 0.15) is 16.5 Å². The molecule has 0 aromatic heterocycles. The van der Waals surface area contributed by atoms with Crippen molar-refractivity contribution in [2.24, 2.45) is 4.40 Å². The zero-order valence-corrected chi connectivity index (χ0v) is 20.6. The summed E-state index contributed by atoms with van der Waals surface area (Å²) in [4.78, 5) is 1.40. The van der Waals surface area contributed by atoms with Gasteiger partial charge in [0.25, 0.3) is 10.0 Å². The third kappa shape index (κ3) is 5.00. The fraction of sp³-hybridized carbons (Fsp3) is 0.350. The number of rotatable bonds is 5. The van der Waals surface area contributed by atoms with E-state index < -0.39 is 35.7 Å². The third-order valence-corrected chi connectivity index (χ3v) is 9.91. The van der Waals surface area contributed by atoms with Crippen LogP contribution in [-0.2, 0) is 29.9 Å². The molecular formula is C20H23FN4O6S3. The Labute approximate surface area is 198 Å². The van der Waals surface area contributed by atoms with Crippen molar-refractivity contribution < 1.29 is 29.6 Å². The van der Waals surface area contributed by atoms with Crippen LogP contribution in [0.4, 0.5) is 10.1 Å². The molecule has 0 unspecified atom stereocenters. The minimum absolute atomic E-state index is 0.0507. The lowest BCUT2D eigenvalue weighted by molar-refractivity contribution is 0.324. The molecular weight excluding hydrogens is 507 g/mol. The Morgan fingerprint density at radius 2 is 1.71 bits per heavy atom. The summed E-state index contributed by atoms with van der Waals surface area (Å²) in [5, 5.41) is 2.74. The molecule has 0 amide bonds. The van der Waals surface area contributed by atoms with Crippen LogP contribution in [0.1, 0.15) is 6.42 Å². The molecule has 4 rings (SSSR count). The Hall–Kier alpha value is -2.39. The van der Waals surface area contributed by atoms with Crippen molar-refractivity contribution in [3.63, 3.8) is 0 Å². The highest BCUT2D eigenvalue weighted by atomic mass is 32.2. The number of anilines is 1. The Balaban J connectivity index is 1.49. The number of nitrogens with zero attached hydrogens (tertiary/aromatic N) is 3. The first-order chi connectivity index (χ1) is 15.9. The van der Waals surface area contributed by atoms with Crippen molar-refractivity contribution in [1.82, 2.24) is 9.21 Å². The average Bonchev–Trinajstić information content (AvgIpc) is 3.00. The molecule has 14 heteroatoms. The lowest BCUT2D eigenvalue weighted by atomic mass is 10.3. The second-order valence-electron chi connectivity index (χ2n) is 8.03. The van der Waals surface area contributed by atoms with Crippen LogP contribution in [0.2, 0.25) is 0 Å². The smallest absolute Gasteiger partial charge is 0.286 e. The largest absolute Gasteiger partial charge is 0.338 e. The van der Waals surface area contributed by atoms with E-state index in [2.05, 4.69) is 9.71 Å². The normalized spacial score (nSPS) is 19.5. The van der Waals surface area contributed by atoms with Gasteiger partial charge in [-0.1, -0.05) is 12.1 Å². The van der Waals surface area contributed by atoms with Gasteiger partial charge in [0.2, 0.25) is 10.0 Å². The summed E-state index contributed by atoms with van der Waals surface area (Å²) in [6.45, 7) is 1.11. The molecule has 0 bridgehead atoms. The molecule has 2 aliphatic rings. The van der Waals surface area contributed by atoms with Gasteiger partial charge in [0, 0.05) is 25.9 Å². The monoisotopic (exact) mass is 530 g/mol. The SMILES string of the molecule is CS(=O)(=O)c1cccc(S(=O)(=O)N2CCCN(CC3=NS(=O)(=O)c4cccc(F)c4N3)CC2)c1. The van der Waals surface area contributed by atoms with Crippen molar-refractivity contribution in [2.45, 2.75) is 21.1 Å². The second-order valence-corrected chi connectivity index (χ2v) is 13.6. The first-order valence-electron chi connectivity index (χ1n) is 10.3. The predicted octanol–water partition coefficient (Wildman–Crippen LogP) is 1.14. The van der Waals surface area contributed by atoms with Crippen LogP contribution in [0.3, 0.4) is 0 Å². The molecule has 2 aliphatic heterocycles. The van der Waals surface area contributed by atoms with Gasteiger partial charge in [-0.3, -0.25) is 4.90 Å². The van der Waals surface area contributed by atoms with E-state index >= 15 is 0 Å². The maximum Gasteiger partial charge on any atom is 0.286 e. The van der Waals surface area contributed by atoms with Gasteiger partial charge in [-0.05, 0) is 43.3 Å². The summed E-state index contributed by atoms with van der Waals surface area (Å²) in [5.41, 5.74) is -0.155. The van der Waals surface area contributed by atoms with E-state index in [0.717, 1.165) is 18.4 Å². The maximum atomic E-state index is 14.2. The van der Waals surface area contributed by atoms with Gasteiger partial charge in [0.15, 0.2) is 9.84 Å². The van der Waals surface area contributed by atoms with Gasteiger partial charge in [-0.15, -0.1) is 4.40 Å². The summed E-state index contributed by atoms with van der Waals surface area (Å²) in [6.07, 6.45) is 1.46. The number of sulfonamides is 2. The van der Waals surface area contributed by atoms with Crippen molar-refractivity contribution in [3.05, 3.63) is 48.3 Å². The van der Waals surface area contributed by atoms with Crippen molar-refractivity contribution >= 4 is 41.4 Å². The highest BCUT2D eigenvalue weighted by molar-refractivity contribution is 7.91. The maximum absolute atomic E-state index is 14.2. The molecule has 2 heterocycles. The van der Waals surface area contributed by atoms with Crippen molar-refractivity contribution in [1.29, 1.82) is 0 Å². The molecule has 0 radical (unpaired) electrons. The molecule has 1 N–H and O–H groups in total. The van der Waals surface area contributed by atoms with E-state index in [4.69, 9.17) is 0 Å². The quantitative estimate of drug-likeness (QED) is 0.609. The number of amidine groups is 1. The first-order valence-corrected chi connectivity index (χ1v) is 15.1. The molecule has 0 atom stereocenters. The average molecular weight is 531 g/mol. The molecule has 0 spiro atoms. The van der Waals surface area contributed by atoms with E-state index in [1.165, 1.54) is 34.6 Å². The van der Waals surface area contributed by atoms with Gasteiger partial charge in [-0.2, -0.15) is 12.7 Å². The number of fused-ring (bicyclic) bond motifs is 1. The molecule has 1 saturated heterocycles. The molecule has 34 heavy (non-hydrogen) atoms. The number of benzene rings is 2. The summed E-state index contributed by atoms with van der Waals surface area (Å²) >= 11 is 0. The predicted molar refractivity (Wildman–Crippen MR) is 124 cm³/mol. The highest BCUT2D eigenvalue weighted by Gasteiger charge is 2.30. The minimum atomic E-state index is -4.06.